The molecule has 1 aliphatic heterocycles. The number of carbonyl (C=O) groups excluding carboxylic acids is 2. The van der Waals surface area contributed by atoms with E-state index in [9.17, 15) is 9.59 Å². The summed E-state index contributed by atoms with van der Waals surface area (Å²) in [4.78, 5) is 26.8. The van der Waals surface area contributed by atoms with Crippen LogP contribution in [0.3, 0.4) is 0 Å². The number of hydrogen-bond acceptors (Lipinski definition) is 5. The predicted octanol–water partition coefficient (Wildman–Crippen LogP) is 2.10. The Kier molecular flexibility index (Phi) is 3.96. The standard InChI is InChI=1S/C16H17N3O2S/c1-10(20)19(16(21)12-8-18-9-12)14-7-11(4-5-13(14)17)15-3-2-6-22-15/h2-7,12,18H,8-9,17H2,1H3. The van der Waals surface area contributed by atoms with E-state index in [0.29, 0.717) is 24.5 Å². The number of carbonyl (C=O) groups is 2. The Morgan fingerprint density at radius 2 is 2.09 bits per heavy atom. The van der Waals surface area contributed by atoms with E-state index in [4.69, 9.17) is 5.73 Å². The van der Waals surface area contributed by atoms with Crippen LogP contribution in [0.25, 0.3) is 10.4 Å². The molecule has 0 unspecified atom stereocenters. The van der Waals surface area contributed by atoms with Gasteiger partial charge < -0.3 is 11.1 Å². The zero-order chi connectivity index (χ0) is 15.7. The van der Waals surface area contributed by atoms with Crippen molar-refractivity contribution in [2.24, 2.45) is 5.92 Å². The summed E-state index contributed by atoms with van der Waals surface area (Å²) >= 11 is 1.60. The van der Waals surface area contributed by atoms with Gasteiger partial charge in [-0.05, 0) is 29.1 Å². The smallest absolute Gasteiger partial charge is 0.239 e. The first-order valence-electron chi connectivity index (χ1n) is 7.06. The number of rotatable bonds is 3. The molecule has 0 bridgehead atoms. The Morgan fingerprint density at radius 1 is 1.32 bits per heavy atom. The number of thiophene rings is 1. The van der Waals surface area contributed by atoms with Crippen LogP contribution < -0.4 is 16.0 Å². The Bertz CT molecular complexity index is 708. The third-order valence-electron chi connectivity index (χ3n) is 3.74. The number of nitrogen functional groups attached to an aromatic ring is 1. The van der Waals surface area contributed by atoms with Gasteiger partial charge in [-0.15, -0.1) is 11.3 Å². The minimum Gasteiger partial charge on any atom is -0.397 e. The van der Waals surface area contributed by atoms with Crippen molar-refractivity contribution in [1.29, 1.82) is 0 Å². The zero-order valence-corrected chi connectivity index (χ0v) is 13.0. The summed E-state index contributed by atoms with van der Waals surface area (Å²) in [5, 5.41) is 5.03. The SMILES string of the molecule is CC(=O)N(C(=O)C1CNC1)c1cc(-c2cccs2)ccc1N. The maximum Gasteiger partial charge on any atom is 0.239 e. The second-order valence-corrected chi connectivity index (χ2v) is 6.25. The highest BCUT2D eigenvalue weighted by atomic mass is 32.1. The summed E-state index contributed by atoms with van der Waals surface area (Å²) in [7, 11) is 0. The minimum atomic E-state index is -0.313. The minimum absolute atomic E-state index is 0.159. The van der Waals surface area contributed by atoms with Crippen molar-refractivity contribution in [3.63, 3.8) is 0 Å². The van der Waals surface area contributed by atoms with Gasteiger partial charge in [-0.1, -0.05) is 12.1 Å². The van der Waals surface area contributed by atoms with E-state index in [2.05, 4.69) is 5.32 Å². The highest BCUT2D eigenvalue weighted by molar-refractivity contribution is 7.13. The van der Waals surface area contributed by atoms with Crippen molar-refractivity contribution in [1.82, 2.24) is 5.32 Å². The van der Waals surface area contributed by atoms with Crippen LogP contribution in [-0.4, -0.2) is 24.9 Å². The molecule has 3 N–H and O–H groups in total. The summed E-state index contributed by atoms with van der Waals surface area (Å²) in [6.45, 7) is 2.60. The van der Waals surface area contributed by atoms with Gasteiger partial charge in [0.25, 0.3) is 0 Å². The lowest BCUT2D eigenvalue weighted by atomic mass is 10.0. The molecule has 0 radical (unpaired) electrons. The van der Waals surface area contributed by atoms with Crippen molar-refractivity contribution >= 4 is 34.5 Å². The highest BCUT2D eigenvalue weighted by Crippen LogP contribution is 2.33. The average Bonchev–Trinajstić information content (AvgIpc) is 2.92. The van der Waals surface area contributed by atoms with Gasteiger partial charge in [-0.3, -0.25) is 9.59 Å². The normalized spacial score (nSPS) is 14.4. The lowest BCUT2D eigenvalue weighted by molar-refractivity contribution is -0.128. The van der Waals surface area contributed by atoms with E-state index in [0.717, 1.165) is 10.4 Å². The Morgan fingerprint density at radius 3 is 2.64 bits per heavy atom. The van der Waals surface area contributed by atoms with Crippen molar-refractivity contribution in [3.05, 3.63) is 35.7 Å². The van der Waals surface area contributed by atoms with E-state index in [1.807, 2.05) is 29.6 Å². The fraction of sp³-hybridized carbons (Fsp3) is 0.250. The summed E-state index contributed by atoms with van der Waals surface area (Å²) in [5.41, 5.74) is 7.86. The molecule has 0 saturated carbocycles. The van der Waals surface area contributed by atoms with Gasteiger partial charge in [0.2, 0.25) is 11.8 Å². The van der Waals surface area contributed by atoms with Gasteiger partial charge in [0.1, 0.15) is 0 Å². The molecule has 2 amide bonds. The van der Waals surface area contributed by atoms with Crippen LogP contribution in [-0.2, 0) is 9.59 Å². The van der Waals surface area contributed by atoms with Crippen molar-refractivity contribution in [2.75, 3.05) is 23.7 Å². The number of amides is 2. The van der Waals surface area contributed by atoms with Crippen LogP contribution in [0.2, 0.25) is 0 Å². The molecule has 1 aromatic heterocycles. The van der Waals surface area contributed by atoms with E-state index in [1.54, 1.807) is 17.4 Å². The molecule has 1 fully saturated rings. The van der Waals surface area contributed by atoms with E-state index < -0.39 is 0 Å². The number of nitrogens with one attached hydrogen (secondary N) is 1. The second-order valence-electron chi connectivity index (χ2n) is 5.30. The first kappa shape index (κ1) is 14.7. The van der Waals surface area contributed by atoms with Crippen molar-refractivity contribution < 1.29 is 9.59 Å². The summed E-state index contributed by atoms with van der Waals surface area (Å²) in [5.74, 6) is -0.665. The first-order chi connectivity index (χ1) is 10.6. The first-order valence-corrected chi connectivity index (χ1v) is 7.94. The average molecular weight is 315 g/mol. The van der Waals surface area contributed by atoms with Gasteiger partial charge in [0.05, 0.1) is 17.3 Å². The fourth-order valence-corrected chi connectivity index (χ4v) is 3.15. The van der Waals surface area contributed by atoms with E-state index in [-0.39, 0.29) is 17.7 Å². The maximum atomic E-state index is 12.5. The van der Waals surface area contributed by atoms with Gasteiger partial charge in [-0.2, -0.15) is 0 Å². The number of benzene rings is 1. The molecule has 2 heterocycles. The van der Waals surface area contributed by atoms with E-state index in [1.165, 1.54) is 11.8 Å². The molecule has 1 saturated heterocycles. The molecule has 3 rings (SSSR count). The maximum absolute atomic E-state index is 12.5. The lowest BCUT2D eigenvalue weighted by Gasteiger charge is -2.31. The molecular formula is C16H17N3O2S. The molecule has 1 aromatic carbocycles. The molecule has 0 aliphatic carbocycles. The molecular weight excluding hydrogens is 298 g/mol. The number of nitrogens with two attached hydrogens (primary N) is 1. The highest BCUT2D eigenvalue weighted by Gasteiger charge is 2.33. The predicted molar refractivity (Wildman–Crippen MR) is 88.7 cm³/mol. The Balaban J connectivity index is 2.01. The topological polar surface area (TPSA) is 75.4 Å². The Labute approximate surface area is 132 Å². The third kappa shape index (κ3) is 2.63. The van der Waals surface area contributed by atoms with E-state index >= 15 is 0 Å². The van der Waals surface area contributed by atoms with Gasteiger partial charge in [0, 0.05) is 24.9 Å². The van der Waals surface area contributed by atoms with Gasteiger partial charge >= 0.3 is 0 Å². The summed E-state index contributed by atoms with van der Waals surface area (Å²) < 4.78 is 0. The molecule has 5 nitrogen and oxygen atoms in total. The molecule has 114 valence electrons. The van der Waals surface area contributed by atoms with Crippen LogP contribution in [0.5, 0.6) is 0 Å². The number of anilines is 2. The zero-order valence-electron chi connectivity index (χ0n) is 12.2. The molecule has 6 heteroatoms. The number of nitrogens with zero attached hydrogens (tertiary/aromatic N) is 1. The quantitative estimate of drug-likeness (QED) is 0.851. The molecule has 1 aliphatic rings. The third-order valence-corrected chi connectivity index (χ3v) is 4.66. The van der Waals surface area contributed by atoms with Crippen LogP contribution in [0.1, 0.15) is 6.92 Å². The summed E-state index contributed by atoms with van der Waals surface area (Å²) in [6.07, 6.45) is 0. The van der Waals surface area contributed by atoms with Crippen LogP contribution >= 0.6 is 11.3 Å². The monoisotopic (exact) mass is 315 g/mol. The van der Waals surface area contributed by atoms with Crippen LogP contribution in [0.4, 0.5) is 11.4 Å². The fourth-order valence-electron chi connectivity index (χ4n) is 2.42. The molecule has 22 heavy (non-hydrogen) atoms. The van der Waals surface area contributed by atoms with Crippen molar-refractivity contribution in [2.45, 2.75) is 6.92 Å². The lowest BCUT2D eigenvalue weighted by Crippen LogP contribution is -2.53. The van der Waals surface area contributed by atoms with Gasteiger partial charge in [0.15, 0.2) is 0 Å². The second kappa shape index (κ2) is 5.90. The Hall–Kier alpha value is -2.18. The molecule has 0 atom stereocenters. The number of hydrogen-bond donors (Lipinski definition) is 2. The summed E-state index contributed by atoms with van der Waals surface area (Å²) in [6, 6.07) is 9.41. The molecule has 2 aromatic rings. The molecule has 0 spiro atoms. The van der Waals surface area contributed by atoms with Crippen LogP contribution in [0, 0.1) is 5.92 Å². The van der Waals surface area contributed by atoms with Crippen LogP contribution in [0.15, 0.2) is 35.7 Å². The van der Waals surface area contributed by atoms with Crippen molar-refractivity contribution in [3.8, 4) is 10.4 Å². The largest absolute Gasteiger partial charge is 0.397 e. The van der Waals surface area contributed by atoms with Gasteiger partial charge in [-0.25, -0.2) is 4.90 Å². The number of imide groups is 1.